The minimum atomic E-state index is 0.781. The molecule has 0 aromatic carbocycles. The van der Waals surface area contributed by atoms with Crippen molar-refractivity contribution in [1.82, 2.24) is 15.1 Å². The average Bonchev–Trinajstić information content (AvgIpc) is 2.39. The molecule has 1 heterocycles. The number of likely N-dealkylation sites (N-methyl/N-ethyl adjacent to an activating group) is 1. The predicted octanol–water partition coefficient (Wildman–Crippen LogP) is 2.04. The van der Waals surface area contributed by atoms with Crippen LogP contribution in [-0.4, -0.2) is 62.2 Å². The molecule has 3 heteroatoms. The fourth-order valence-electron chi connectivity index (χ4n) is 3.63. The van der Waals surface area contributed by atoms with Gasteiger partial charge in [0, 0.05) is 32.2 Å². The average molecular weight is 267 g/mol. The third-order valence-electron chi connectivity index (χ3n) is 5.09. The van der Waals surface area contributed by atoms with Gasteiger partial charge in [-0.2, -0.15) is 0 Å². The summed E-state index contributed by atoms with van der Waals surface area (Å²) in [7, 11) is 2.23. The summed E-state index contributed by atoms with van der Waals surface area (Å²) < 4.78 is 0. The molecule has 2 rings (SSSR count). The lowest BCUT2D eigenvalue weighted by molar-refractivity contribution is 0.151. The monoisotopic (exact) mass is 267 g/mol. The first-order chi connectivity index (χ1) is 9.15. The van der Waals surface area contributed by atoms with Gasteiger partial charge in [0.05, 0.1) is 0 Å². The van der Waals surface area contributed by atoms with Gasteiger partial charge in [-0.1, -0.05) is 13.8 Å². The maximum atomic E-state index is 3.80. The van der Waals surface area contributed by atoms with Gasteiger partial charge in [-0.3, -0.25) is 0 Å². The van der Waals surface area contributed by atoms with Crippen molar-refractivity contribution in [3.05, 3.63) is 0 Å². The summed E-state index contributed by atoms with van der Waals surface area (Å²) in [4.78, 5) is 5.05. The molecule has 2 aliphatic rings. The van der Waals surface area contributed by atoms with Crippen LogP contribution in [0.25, 0.3) is 0 Å². The maximum absolute atomic E-state index is 3.80. The normalized spacial score (nSPS) is 34.6. The molecule has 1 aliphatic heterocycles. The van der Waals surface area contributed by atoms with Crippen molar-refractivity contribution in [2.75, 3.05) is 46.3 Å². The van der Waals surface area contributed by atoms with E-state index < -0.39 is 0 Å². The molecule has 0 bridgehead atoms. The molecule has 1 saturated carbocycles. The van der Waals surface area contributed by atoms with Gasteiger partial charge in [0.2, 0.25) is 0 Å². The summed E-state index contributed by atoms with van der Waals surface area (Å²) in [5.74, 6) is 1.81. The highest BCUT2D eigenvalue weighted by Gasteiger charge is 2.24. The second-order valence-electron chi connectivity index (χ2n) is 6.95. The second kappa shape index (κ2) is 7.61. The summed E-state index contributed by atoms with van der Waals surface area (Å²) in [5, 5.41) is 3.80. The lowest BCUT2D eigenvalue weighted by Crippen LogP contribution is -2.45. The van der Waals surface area contributed by atoms with E-state index in [9.17, 15) is 0 Å². The molecule has 1 saturated heterocycles. The molecule has 0 spiro atoms. The molecular formula is C16H33N3. The molecule has 1 aliphatic carbocycles. The van der Waals surface area contributed by atoms with Crippen molar-refractivity contribution in [3.63, 3.8) is 0 Å². The predicted molar refractivity (Wildman–Crippen MR) is 82.5 cm³/mol. The number of nitrogens with zero attached hydrogens (tertiary/aromatic N) is 2. The Balaban J connectivity index is 1.54. The van der Waals surface area contributed by atoms with Crippen LogP contribution in [0.15, 0.2) is 0 Å². The van der Waals surface area contributed by atoms with Crippen LogP contribution in [0.1, 0.15) is 39.5 Å². The Bertz CT molecular complexity index is 248. The molecule has 0 radical (unpaired) electrons. The fraction of sp³-hybridized carbons (Fsp3) is 1.00. The fourth-order valence-corrected chi connectivity index (χ4v) is 3.63. The number of piperazine rings is 1. The highest BCUT2D eigenvalue weighted by Crippen LogP contribution is 2.28. The molecule has 3 nitrogen and oxygen atoms in total. The molecule has 112 valence electrons. The quantitative estimate of drug-likeness (QED) is 0.769. The minimum absolute atomic E-state index is 0.781. The third kappa shape index (κ3) is 5.05. The summed E-state index contributed by atoms with van der Waals surface area (Å²) in [6.07, 6.45) is 5.52. The molecular weight excluding hydrogens is 234 g/mol. The number of hydrogen-bond donors (Lipinski definition) is 1. The third-order valence-corrected chi connectivity index (χ3v) is 5.09. The van der Waals surface area contributed by atoms with Gasteiger partial charge in [-0.05, 0) is 57.7 Å². The van der Waals surface area contributed by atoms with Gasteiger partial charge in [0.15, 0.2) is 0 Å². The van der Waals surface area contributed by atoms with Gasteiger partial charge in [0.25, 0.3) is 0 Å². The summed E-state index contributed by atoms with van der Waals surface area (Å²) >= 11 is 0. The second-order valence-corrected chi connectivity index (χ2v) is 6.95. The Morgan fingerprint density at radius 2 is 1.79 bits per heavy atom. The SMILES string of the molecule is CC1CCC(NCCCN2CCN(C)CC2)C(C)C1. The zero-order valence-electron chi connectivity index (χ0n) is 13.2. The maximum Gasteiger partial charge on any atom is 0.0110 e. The first-order valence-corrected chi connectivity index (χ1v) is 8.29. The number of nitrogens with one attached hydrogen (secondary N) is 1. The zero-order chi connectivity index (χ0) is 13.7. The topological polar surface area (TPSA) is 18.5 Å². The van der Waals surface area contributed by atoms with Crippen LogP contribution in [-0.2, 0) is 0 Å². The molecule has 0 aromatic rings. The van der Waals surface area contributed by atoms with Crippen LogP contribution < -0.4 is 5.32 Å². The van der Waals surface area contributed by atoms with E-state index in [4.69, 9.17) is 0 Å². The Morgan fingerprint density at radius 1 is 1.05 bits per heavy atom. The van der Waals surface area contributed by atoms with Gasteiger partial charge in [-0.15, -0.1) is 0 Å². The van der Waals surface area contributed by atoms with Crippen molar-refractivity contribution in [1.29, 1.82) is 0 Å². The zero-order valence-corrected chi connectivity index (χ0v) is 13.2. The molecule has 0 amide bonds. The molecule has 0 aromatic heterocycles. The molecule has 1 N–H and O–H groups in total. The van der Waals surface area contributed by atoms with Crippen LogP contribution in [0.2, 0.25) is 0 Å². The van der Waals surface area contributed by atoms with E-state index in [0.29, 0.717) is 0 Å². The van der Waals surface area contributed by atoms with Gasteiger partial charge in [-0.25, -0.2) is 0 Å². The van der Waals surface area contributed by atoms with Crippen molar-refractivity contribution in [2.45, 2.75) is 45.6 Å². The molecule has 2 fully saturated rings. The smallest absolute Gasteiger partial charge is 0.0110 e. The van der Waals surface area contributed by atoms with E-state index in [1.54, 1.807) is 0 Å². The Morgan fingerprint density at radius 3 is 2.47 bits per heavy atom. The molecule has 3 unspecified atom stereocenters. The summed E-state index contributed by atoms with van der Waals surface area (Å²) in [6.45, 7) is 12.3. The highest BCUT2D eigenvalue weighted by atomic mass is 15.2. The Hall–Kier alpha value is -0.120. The first-order valence-electron chi connectivity index (χ1n) is 8.29. The highest BCUT2D eigenvalue weighted by molar-refractivity contribution is 4.81. The van der Waals surface area contributed by atoms with Gasteiger partial charge < -0.3 is 15.1 Å². The Kier molecular flexibility index (Phi) is 6.11. The van der Waals surface area contributed by atoms with Crippen LogP contribution in [0, 0.1) is 11.8 Å². The van der Waals surface area contributed by atoms with Crippen LogP contribution in [0.3, 0.4) is 0 Å². The summed E-state index contributed by atoms with van der Waals surface area (Å²) in [6, 6.07) is 0.781. The largest absolute Gasteiger partial charge is 0.314 e. The van der Waals surface area contributed by atoms with E-state index >= 15 is 0 Å². The van der Waals surface area contributed by atoms with Gasteiger partial charge in [0.1, 0.15) is 0 Å². The standard InChI is InChI=1S/C16H33N3/c1-14-5-6-16(15(2)13-14)17-7-4-8-19-11-9-18(3)10-12-19/h14-17H,4-13H2,1-3H3. The van der Waals surface area contributed by atoms with Crippen molar-refractivity contribution < 1.29 is 0 Å². The number of hydrogen-bond acceptors (Lipinski definition) is 3. The van der Waals surface area contributed by atoms with Gasteiger partial charge >= 0.3 is 0 Å². The van der Waals surface area contributed by atoms with Crippen LogP contribution in [0.4, 0.5) is 0 Å². The molecule has 3 atom stereocenters. The van der Waals surface area contributed by atoms with E-state index in [1.165, 1.54) is 65.0 Å². The van der Waals surface area contributed by atoms with E-state index in [0.717, 1.165) is 17.9 Å². The first kappa shape index (κ1) is 15.3. The minimum Gasteiger partial charge on any atom is -0.314 e. The van der Waals surface area contributed by atoms with Crippen molar-refractivity contribution in [2.24, 2.45) is 11.8 Å². The lowest BCUT2D eigenvalue weighted by atomic mass is 9.80. The summed E-state index contributed by atoms with van der Waals surface area (Å²) in [5.41, 5.74) is 0. The van der Waals surface area contributed by atoms with E-state index in [1.807, 2.05) is 0 Å². The van der Waals surface area contributed by atoms with E-state index in [-0.39, 0.29) is 0 Å². The van der Waals surface area contributed by atoms with E-state index in [2.05, 4.69) is 36.0 Å². The van der Waals surface area contributed by atoms with Crippen molar-refractivity contribution in [3.8, 4) is 0 Å². The van der Waals surface area contributed by atoms with Crippen LogP contribution >= 0.6 is 0 Å². The lowest BCUT2D eigenvalue weighted by Gasteiger charge is -2.34. The Labute approximate surface area is 119 Å². The molecule has 19 heavy (non-hydrogen) atoms. The number of rotatable bonds is 5. The van der Waals surface area contributed by atoms with Crippen LogP contribution in [0.5, 0.6) is 0 Å². The van der Waals surface area contributed by atoms with Crippen molar-refractivity contribution >= 4 is 0 Å².